The lowest BCUT2D eigenvalue weighted by atomic mass is 9.90. The largest absolute Gasteiger partial charge is 0.487 e. The van der Waals surface area contributed by atoms with E-state index < -0.39 is 0 Å². The summed E-state index contributed by atoms with van der Waals surface area (Å²) in [5, 5.41) is 9.88. The highest BCUT2D eigenvalue weighted by molar-refractivity contribution is 14.0. The summed E-state index contributed by atoms with van der Waals surface area (Å²) < 4.78 is 6.09. The molecule has 0 aromatic heterocycles. The fourth-order valence-corrected chi connectivity index (χ4v) is 3.96. The van der Waals surface area contributed by atoms with Gasteiger partial charge in [0.25, 0.3) is 0 Å². The topological polar surface area (TPSA) is 74.8 Å². The summed E-state index contributed by atoms with van der Waals surface area (Å²) in [4.78, 5) is 16.4. The van der Waals surface area contributed by atoms with Crippen molar-refractivity contribution in [1.29, 1.82) is 0 Å². The monoisotopic (exact) mass is 500 g/mol. The molecule has 1 atom stereocenters. The normalized spacial score (nSPS) is 21.1. The first-order valence-electron chi connectivity index (χ1n) is 10.0. The number of halogens is 1. The molecular formula is C21H33IN4O2. The summed E-state index contributed by atoms with van der Waals surface area (Å²) in [7, 11) is 1.75. The maximum absolute atomic E-state index is 12.1. The molecule has 0 radical (unpaired) electrons. The molecule has 1 fully saturated rings. The van der Waals surface area contributed by atoms with Crippen LogP contribution < -0.4 is 20.7 Å². The first-order chi connectivity index (χ1) is 13.0. The standard InChI is InChI=1S/C21H32N4O2.HI/c1-21(2)14-17(16-10-6-7-11-18(16)27-21)25-20(22-3)23-13-12-19(26)24-15-8-4-5-9-15;/h6-7,10-11,15,17H,4-5,8-9,12-14H2,1-3H3,(H,24,26)(H2,22,23,25);1H. The van der Waals surface area contributed by atoms with Crippen molar-refractivity contribution in [2.24, 2.45) is 4.99 Å². The van der Waals surface area contributed by atoms with E-state index in [4.69, 9.17) is 4.74 Å². The van der Waals surface area contributed by atoms with Gasteiger partial charge in [-0.1, -0.05) is 31.0 Å². The van der Waals surface area contributed by atoms with Gasteiger partial charge in [0.2, 0.25) is 5.91 Å². The second-order valence-corrected chi connectivity index (χ2v) is 8.10. The van der Waals surface area contributed by atoms with Crippen LogP contribution in [0.25, 0.3) is 0 Å². The van der Waals surface area contributed by atoms with E-state index in [-0.39, 0.29) is 41.5 Å². The Morgan fingerprint density at radius 1 is 1.21 bits per heavy atom. The Morgan fingerprint density at radius 3 is 2.64 bits per heavy atom. The number of hydrogen-bond acceptors (Lipinski definition) is 3. The molecule has 1 aliphatic carbocycles. The summed E-state index contributed by atoms with van der Waals surface area (Å²) in [5.74, 6) is 1.74. The number of nitrogens with one attached hydrogen (secondary N) is 3. The zero-order chi connectivity index (χ0) is 19.3. The van der Waals surface area contributed by atoms with Crippen molar-refractivity contribution in [3.05, 3.63) is 29.8 Å². The molecule has 1 saturated carbocycles. The number of rotatable bonds is 5. The maximum atomic E-state index is 12.1. The molecule has 6 nitrogen and oxygen atoms in total. The number of benzene rings is 1. The number of para-hydroxylation sites is 1. The SMILES string of the molecule is CN=C(NCCC(=O)NC1CCCC1)NC1CC(C)(C)Oc2ccccc21.I. The summed E-state index contributed by atoms with van der Waals surface area (Å²) in [6.45, 7) is 4.76. The molecule has 0 bridgehead atoms. The molecule has 0 saturated heterocycles. The van der Waals surface area contributed by atoms with Gasteiger partial charge < -0.3 is 20.7 Å². The Morgan fingerprint density at radius 2 is 1.93 bits per heavy atom. The van der Waals surface area contributed by atoms with Gasteiger partial charge in [-0.2, -0.15) is 0 Å². The van der Waals surface area contributed by atoms with Crippen molar-refractivity contribution in [3.63, 3.8) is 0 Å². The van der Waals surface area contributed by atoms with E-state index in [0.717, 1.165) is 30.6 Å². The Labute approximate surface area is 185 Å². The molecule has 3 rings (SSSR count). The Kier molecular flexibility index (Phi) is 8.39. The molecule has 1 heterocycles. The zero-order valence-corrected chi connectivity index (χ0v) is 19.4. The van der Waals surface area contributed by atoms with Crippen LogP contribution in [0.4, 0.5) is 0 Å². The van der Waals surface area contributed by atoms with Crippen LogP contribution in [0.3, 0.4) is 0 Å². The second-order valence-electron chi connectivity index (χ2n) is 8.10. The number of nitrogens with zero attached hydrogens (tertiary/aromatic N) is 1. The number of amides is 1. The van der Waals surface area contributed by atoms with Gasteiger partial charge in [0.1, 0.15) is 11.4 Å². The molecule has 7 heteroatoms. The molecule has 156 valence electrons. The van der Waals surface area contributed by atoms with Crippen LogP contribution in [-0.2, 0) is 4.79 Å². The molecule has 1 aromatic rings. The molecule has 1 unspecified atom stereocenters. The van der Waals surface area contributed by atoms with Crippen LogP contribution in [0.15, 0.2) is 29.3 Å². The highest BCUT2D eigenvalue weighted by Gasteiger charge is 2.33. The quantitative estimate of drug-likeness (QED) is 0.329. The lowest BCUT2D eigenvalue weighted by molar-refractivity contribution is -0.121. The molecule has 1 aromatic carbocycles. The third-order valence-electron chi connectivity index (χ3n) is 5.28. The van der Waals surface area contributed by atoms with Crippen molar-refractivity contribution in [2.45, 2.75) is 70.1 Å². The number of guanidine groups is 1. The second kappa shape index (κ2) is 10.3. The summed E-state index contributed by atoms with van der Waals surface area (Å²) in [6.07, 6.45) is 5.97. The van der Waals surface area contributed by atoms with E-state index in [1.54, 1.807) is 7.05 Å². The molecule has 2 aliphatic rings. The maximum Gasteiger partial charge on any atom is 0.221 e. The molecule has 1 aliphatic heterocycles. The average molecular weight is 500 g/mol. The first-order valence-corrected chi connectivity index (χ1v) is 10.0. The number of carbonyl (C=O) groups is 1. The van der Waals surface area contributed by atoms with E-state index in [1.807, 2.05) is 18.2 Å². The third-order valence-corrected chi connectivity index (χ3v) is 5.28. The molecule has 0 spiro atoms. The minimum atomic E-state index is -0.244. The Bertz CT molecular complexity index is 687. The van der Waals surface area contributed by atoms with Gasteiger partial charge in [-0.3, -0.25) is 9.79 Å². The number of ether oxygens (including phenoxy) is 1. The van der Waals surface area contributed by atoms with Crippen LogP contribution >= 0.6 is 24.0 Å². The van der Waals surface area contributed by atoms with Gasteiger partial charge in [0.05, 0.1) is 6.04 Å². The van der Waals surface area contributed by atoms with Gasteiger partial charge in [0, 0.05) is 38.0 Å². The number of carbonyl (C=O) groups excluding carboxylic acids is 1. The van der Waals surface area contributed by atoms with Crippen LogP contribution in [0.5, 0.6) is 5.75 Å². The smallest absolute Gasteiger partial charge is 0.221 e. The first kappa shape index (κ1) is 22.8. The lowest BCUT2D eigenvalue weighted by Gasteiger charge is -2.38. The van der Waals surface area contributed by atoms with Crippen LogP contribution in [-0.4, -0.2) is 37.1 Å². The van der Waals surface area contributed by atoms with E-state index in [9.17, 15) is 4.79 Å². The minimum Gasteiger partial charge on any atom is -0.487 e. The van der Waals surface area contributed by atoms with Crippen LogP contribution in [0.2, 0.25) is 0 Å². The third kappa shape index (κ3) is 6.25. The fraction of sp³-hybridized carbons (Fsp3) is 0.619. The van der Waals surface area contributed by atoms with Crippen molar-refractivity contribution in [3.8, 4) is 5.75 Å². The zero-order valence-electron chi connectivity index (χ0n) is 17.1. The molecule has 1 amide bonds. The minimum absolute atomic E-state index is 0. The van der Waals surface area contributed by atoms with Crippen LogP contribution in [0, 0.1) is 0 Å². The Balaban J connectivity index is 0.00000280. The molecule has 28 heavy (non-hydrogen) atoms. The number of aliphatic imine (C=N–C) groups is 1. The van der Waals surface area contributed by atoms with Gasteiger partial charge in [-0.25, -0.2) is 0 Å². The van der Waals surface area contributed by atoms with Gasteiger partial charge in [0.15, 0.2) is 5.96 Å². The molecular weight excluding hydrogens is 467 g/mol. The number of hydrogen-bond donors (Lipinski definition) is 3. The predicted octanol–water partition coefficient (Wildman–Crippen LogP) is 3.52. The number of fused-ring (bicyclic) bond motifs is 1. The van der Waals surface area contributed by atoms with Crippen molar-refractivity contribution < 1.29 is 9.53 Å². The summed E-state index contributed by atoms with van der Waals surface area (Å²) in [5.41, 5.74) is 0.894. The van der Waals surface area contributed by atoms with E-state index >= 15 is 0 Å². The Hall–Kier alpha value is -1.51. The van der Waals surface area contributed by atoms with Gasteiger partial charge in [-0.15, -0.1) is 24.0 Å². The van der Waals surface area contributed by atoms with Crippen molar-refractivity contribution in [1.82, 2.24) is 16.0 Å². The van der Waals surface area contributed by atoms with E-state index in [1.165, 1.54) is 12.8 Å². The van der Waals surface area contributed by atoms with E-state index in [0.29, 0.717) is 25.0 Å². The fourth-order valence-electron chi connectivity index (χ4n) is 3.96. The average Bonchev–Trinajstić information content (AvgIpc) is 3.12. The van der Waals surface area contributed by atoms with Gasteiger partial charge >= 0.3 is 0 Å². The van der Waals surface area contributed by atoms with E-state index in [2.05, 4.69) is 40.9 Å². The van der Waals surface area contributed by atoms with Crippen molar-refractivity contribution >= 4 is 35.8 Å². The summed E-state index contributed by atoms with van der Waals surface area (Å²) in [6, 6.07) is 8.60. The highest BCUT2D eigenvalue weighted by atomic mass is 127. The highest BCUT2D eigenvalue weighted by Crippen LogP contribution is 2.39. The molecule has 3 N–H and O–H groups in total. The predicted molar refractivity (Wildman–Crippen MR) is 123 cm³/mol. The van der Waals surface area contributed by atoms with Gasteiger partial charge in [-0.05, 0) is 32.8 Å². The lowest BCUT2D eigenvalue weighted by Crippen LogP contribution is -2.46. The van der Waals surface area contributed by atoms with Crippen molar-refractivity contribution in [2.75, 3.05) is 13.6 Å². The summed E-state index contributed by atoms with van der Waals surface area (Å²) >= 11 is 0. The van der Waals surface area contributed by atoms with Crippen LogP contribution in [0.1, 0.15) is 64.0 Å².